The van der Waals surface area contributed by atoms with Crippen molar-refractivity contribution >= 4 is 0 Å². The molecule has 0 radical (unpaired) electrons. The van der Waals surface area contributed by atoms with Crippen molar-refractivity contribution in [1.29, 1.82) is 0 Å². The molecule has 2 aromatic rings. The highest BCUT2D eigenvalue weighted by molar-refractivity contribution is 5.60. The van der Waals surface area contributed by atoms with Crippen LogP contribution in [0.15, 0.2) is 35.1 Å². The predicted molar refractivity (Wildman–Crippen MR) is 88.6 cm³/mol. The van der Waals surface area contributed by atoms with Crippen molar-refractivity contribution in [3.8, 4) is 11.3 Å². The molecule has 1 heterocycles. The van der Waals surface area contributed by atoms with E-state index in [0.29, 0.717) is 12.6 Å². The summed E-state index contributed by atoms with van der Waals surface area (Å²) in [6.45, 7) is 9.03. The van der Waals surface area contributed by atoms with Gasteiger partial charge >= 0.3 is 0 Å². The topological polar surface area (TPSA) is 44.9 Å². The number of H-pyrrole nitrogens is 1. The van der Waals surface area contributed by atoms with Gasteiger partial charge < -0.3 is 10.3 Å². The molecule has 0 bridgehead atoms. The van der Waals surface area contributed by atoms with Crippen LogP contribution in [-0.2, 0) is 6.54 Å². The van der Waals surface area contributed by atoms with Crippen molar-refractivity contribution < 1.29 is 0 Å². The number of hydrogen-bond donors (Lipinski definition) is 2. The molecule has 112 valence electrons. The Hall–Kier alpha value is -1.87. The zero-order chi connectivity index (χ0) is 15.4. The molecule has 0 saturated heterocycles. The zero-order valence-corrected chi connectivity index (χ0v) is 13.3. The number of nitrogens with one attached hydrogen (secondary N) is 2. The normalized spacial score (nSPS) is 12.4. The molecule has 0 spiro atoms. The lowest BCUT2D eigenvalue weighted by Gasteiger charge is -2.11. The molecule has 2 rings (SSSR count). The number of benzene rings is 1. The Bertz CT molecular complexity index is 673. The third kappa shape index (κ3) is 3.82. The first-order chi connectivity index (χ1) is 10.0. The largest absolute Gasteiger partial charge is 0.322 e. The SMILES string of the molecule is CCC(C)NCc1ccc(-c2ccc(C)c(C)c2)[nH]c1=O. The summed E-state index contributed by atoms with van der Waals surface area (Å²) < 4.78 is 0. The number of hydrogen-bond acceptors (Lipinski definition) is 2. The predicted octanol–water partition coefficient (Wildman–Crippen LogP) is 3.55. The smallest absolute Gasteiger partial charge is 0.252 e. The van der Waals surface area contributed by atoms with Crippen LogP contribution in [0, 0.1) is 13.8 Å². The summed E-state index contributed by atoms with van der Waals surface area (Å²) in [7, 11) is 0. The Kier molecular flexibility index (Phi) is 4.97. The molecule has 0 aliphatic carbocycles. The number of aromatic nitrogens is 1. The molecule has 3 nitrogen and oxygen atoms in total. The van der Waals surface area contributed by atoms with E-state index in [1.165, 1.54) is 11.1 Å². The fourth-order valence-electron chi connectivity index (χ4n) is 2.15. The van der Waals surface area contributed by atoms with E-state index in [1.807, 2.05) is 18.2 Å². The van der Waals surface area contributed by atoms with Gasteiger partial charge in [-0.2, -0.15) is 0 Å². The average molecular weight is 284 g/mol. The second-order valence-corrected chi connectivity index (χ2v) is 5.72. The highest BCUT2D eigenvalue weighted by Gasteiger charge is 2.05. The molecule has 0 aliphatic rings. The second kappa shape index (κ2) is 6.72. The molecule has 0 amide bonds. The minimum atomic E-state index is -0.0125. The molecule has 1 unspecified atom stereocenters. The lowest BCUT2D eigenvalue weighted by atomic mass is 10.0. The minimum absolute atomic E-state index is 0.0125. The molecule has 0 saturated carbocycles. The third-order valence-corrected chi connectivity index (χ3v) is 4.06. The van der Waals surface area contributed by atoms with Crippen molar-refractivity contribution in [3.05, 3.63) is 57.4 Å². The van der Waals surface area contributed by atoms with Gasteiger partial charge in [-0.15, -0.1) is 0 Å². The maximum Gasteiger partial charge on any atom is 0.252 e. The van der Waals surface area contributed by atoms with Crippen LogP contribution in [0.5, 0.6) is 0 Å². The Morgan fingerprint density at radius 2 is 1.90 bits per heavy atom. The van der Waals surface area contributed by atoms with Crippen LogP contribution in [-0.4, -0.2) is 11.0 Å². The number of aryl methyl sites for hydroxylation is 2. The highest BCUT2D eigenvalue weighted by Crippen LogP contribution is 2.19. The van der Waals surface area contributed by atoms with E-state index in [1.54, 1.807) is 0 Å². The van der Waals surface area contributed by atoms with Gasteiger partial charge in [0.05, 0.1) is 0 Å². The van der Waals surface area contributed by atoms with Gasteiger partial charge in [-0.1, -0.05) is 25.1 Å². The van der Waals surface area contributed by atoms with E-state index >= 15 is 0 Å². The third-order valence-electron chi connectivity index (χ3n) is 4.06. The standard InChI is InChI=1S/C18H24N2O/c1-5-14(4)19-11-16-8-9-17(20-18(16)21)15-7-6-12(2)13(3)10-15/h6-10,14,19H,5,11H2,1-4H3,(H,20,21). The maximum absolute atomic E-state index is 12.2. The van der Waals surface area contributed by atoms with Crippen LogP contribution in [0.4, 0.5) is 0 Å². The van der Waals surface area contributed by atoms with Gasteiger partial charge in [-0.05, 0) is 56.0 Å². The van der Waals surface area contributed by atoms with Gasteiger partial charge in [0, 0.05) is 23.8 Å². The van der Waals surface area contributed by atoms with Crippen LogP contribution in [0.1, 0.15) is 37.0 Å². The quantitative estimate of drug-likeness (QED) is 0.882. The summed E-state index contributed by atoms with van der Waals surface area (Å²) in [5, 5.41) is 3.35. The lowest BCUT2D eigenvalue weighted by Crippen LogP contribution is -2.28. The van der Waals surface area contributed by atoms with Gasteiger partial charge in [-0.25, -0.2) is 0 Å². The fourth-order valence-corrected chi connectivity index (χ4v) is 2.15. The Morgan fingerprint density at radius 1 is 1.14 bits per heavy atom. The lowest BCUT2D eigenvalue weighted by molar-refractivity contribution is 0.532. The van der Waals surface area contributed by atoms with Gasteiger partial charge in [-0.3, -0.25) is 4.79 Å². The summed E-state index contributed by atoms with van der Waals surface area (Å²) in [4.78, 5) is 15.2. The van der Waals surface area contributed by atoms with E-state index in [-0.39, 0.29) is 5.56 Å². The monoisotopic (exact) mass is 284 g/mol. The molecule has 2 N–H and O–H groups in total. The molecule has 1 aromatic carbocycles. The first kappa shape index (κ1) is 15.5. The first-order valence-electron chi connectivity index (χ1n) is 7.54. The van der Waals surface area contributed by atoms with E-state index < -0.39 is 0 Å². The summed E-state index contributed by atoms with van der Waals surface area (Å²) in [6.07, 6.45) is 1.05. The summed E-state index contributed by atoms with van der Waals surface area (Å²) in [6, 6.07) is 10.6. The van der Waals surface area contributed by atoms with Crippen LogP contribution in [0.25, 0.3) is 11.3 Å². The van der Waals surface area contributed by atoms with Crippen LogP contribution >= 0.6 is 0 Å². The van der Waals surface area contributed by atoms with Crippen molar-refractivity contribution in [3.63, 3.8) is 0 Å². The molecule has 0 fully saturated rings. The van der Waals surface area contributed by atoms with Crippen LogP contribution < -0.4 is 10.9 Å². The van der Waals surface area contributed by atoms with Crippen LogP contribution in [0.3, 0.4) is 0 Å². The van der Waals surface area contributed by atoms with E-state index in [9.17, 15) is 4.79 Å². The van der Waals surface area contributed by atoms with Crippen molar-refractivity contribution in [2.45, 2.75) is 46.7 Å². The Balaban J connectivity index is 2.22. The van der Waals surface area contributed by atoms with E-state index in [0.717, 1.165) is 23.2 Å². The average Bonchev–Trinajstić information content (AvgIpc) is 2.48. The molecular weight excluding hydrogens is 260 g/mol. The van der Waals surface area contributed by atoms with Gasteiger partial charge in [0.25, 0.3) is 5.56 Å². The fraction of sp³-hybridized carbons (Fsp3) is 0.389. The van der Waals surface area contributed by atoms with Crippen LogP contribution in [0.2, 0.25) is 0 Å². The molecule has 1 aromatic heterocycles. The first-order valence-corrected chi connectivity index (χ1v) is 7.54. The number of pyridine rings is 1. The van der Waals surface area contributed by atoms with Crippen molar-refractivity contribution in [2.75, 3.05) is 0 Å². The van der Waals surface area contributed by atoms with Gasteiger partial charge in [0.1, 0.15) is 0 Å². The summed E-state index contributed by atoms with van der Waals surface area (Å²) in [5.41, 5.74) is 5.18. The van der Waals surface area contributed by atoms with E-state index in [2.05, 4.69) is 50.1 Å². The maximum atomic E-state index is 12.2. The molecule has 3 heteroatoms. The van der Waals surface area contributed by atoms with Gasteiger partial charge in [0.2, 0.25) is 0 Å². The van der Waals surface area contributed by atoms with Gasteiger partial charge in [0.15, 0.2) is 0 Å². The minimum Gasteiger partial charge on any atom is -0.322 e. The summed E-state index contributed by atoms with van der Waals surface area (Å²) in [5.74, 6) is 0. The second-order valence-electron chi connectivity index (χ2n) is 5.72. The zero-order valence-electron chi connectivity index (χ0n) is 13.3. The molecule has 21 heavy (non-hydrogen) atoms. The number of rotatable bonds is 5. The van der Waals surface area contributed by atoms with Crippen molar-refractivity contribution in [2.24, 2.45) is 0 Å². The molecule has 0 aliphatic heterocycles. The summed E-state index contributed by atoms with van der Waals surface area (Å²) >= 11 is 0. The Morgan fingerprint density at radius 3 is 2.52 bits per heavy atom. The van der Waals surface area contributed by atoms with E-state index in [4.69, 9.17) is 0 Å². The molecular formula is C18H24N2O. The Labute approximate surface area is 126 Å². The van der Waals surface area contributed by atoms with Crippen molar-refractivity contribution in [1.82, 2.24) is 10.3 Å². The molecule has 1 atom stereocenters. The number of aromatic amines is 1. The highest BCUT2D eigenvalue weighted by atomic mass is 16.1.